The molecule has 1 saturated heterocycles. The van der Waals surface area contributed by atoms with E-state index in [1.807, 2.05) is 60.4 Å². The minimum atomic E-state index is -0.237. The van der Waals surface area contributed by atoms with Gasteiger partial charge in [-0.3, -0.25) is 4.90 Å². The average Bonchev–Trinajstić information content (AvgIpc) is 2.71. The molecule has 0 radical (unpaired) electrons. The SMILES string of the molecule is Cc1cccc(C#N)c1C1=CC2CCCC(C1)N2C(=O)OCc1ccccc1. The third kappa shape index (κ3) is 3.53. The van der Waals surface area contributed by atoms with E-state index in [4.69, 9.17) is 4.74 Å². The van der Waals surface area contributed by atoms with Crippen LogP contribution in [0, 0.1) is 18.3 Å². The molecule has 0 aliphatic carbocycles. The highest BCUT2D eigenvalue weighted by Gasteiger charge is 2.38. The van der Waals surface area contributed by atoms with Gasteiger partial charge < -0.3 is 4.74 Å². The Morgan fingerprint density at radius 1 is 1.18 bits per heavy atom. The van der Waals surface area contributed by atoms with E-state index >= 15 is 0 Å². The molecule has 0 N–H and O–H groups in total. The van der Waals surface area contributed by atoms with Gasteiger partial charge >= 0.3 is 6.09 Å². The van der Waals surface area contributed by atoms with Crippen LogP contribution in [0.2, 0.25) is 0 Å². The van der Waals surface area contributed by atoms with Crippen molar-refractivity contribution in [2.45, 2.75) is 51.3 Å². The first-order valence-electron chi connectivity index (χ1n) is 9.87. The molecule has 2 aliphatic heterocycles. The first-order valence-corrected chi connectivity index (χ1v) is 9.87. The number of piperidine rings is 1. The fraction of sp³-hybridized carbons (Fsp3) is 0.333. The van der Waals surface area contributed by atoms with Crippen LogP contribution in [0.25, 0.3) is 5.57 Å². The van der Waals surface area contributed by atoms with Gasteiger partial charge in [-0.05, 0) is 60.9 Å². The summed E-state index contributed by atoms with van der Waals surface area (Å²) >= 11 is 0. The Bertz CT molecular complexity index is 943. The van der Waals surface area contributed by atoms with Crippen LogP contribution in [0.5, 0.6) is 0 Å². The number of hydrogen-bond acceptors (Lipinski definition) is 3. The number of nitrogens with zero attached hydrogens (tertiary/aromatic N) is 2. The maximum absolute atomic E-state index is 12.8. The third-order valence-corrected chi connectivity index (χ3v) is 5.77. The van der Waals surface area contributed by atoms with E-state index in [2.05, 4.69) is 12.1 Å². The number of carbonyl (C=O) groups excluding carboxylic acids is 1. The van der Waals surface area contributed by atoms with Crippen molar-refractivity contribution in [1.82, 2.24) is 4.90 Å². The molecule has 28 heavy (non-hydrogen) atoms. The van der Waals surface area contributed by atoms with Crippen LogP contribution in [0.15, 0.2) is 54.6 Å². The molecule has 2 aromatic carbocycles. The Kier molecular flexibility index (Phi) is 5.16. The Morgan fingerprint density at radius 3 is 2.75 bits per heavy atom. The maximum atomic E-state index is 12.8. The topological polar surface area (TPSA) is 53.3 Å². The van der Waals surface area contributed by atoms with Gasteiger partial charge in [0.15, 0.2) is 0 Å². The second-order valence-electron chi connectivity index (χ2n) is 7.60. The summed E-state index contributed by atoms with van der Waals surface area (Å²) in [5, 5.41) is 9.53. The van der Waals surface area contributed by atoms with E-state index in [1.165, 1.54) is 5.57 Å². The van der Waals surface area contributed by atoms with Gasteiger partial charge in [-0.2, -0.15) is 5.26 Å². The van der Waals surface area contributed by atoms with Crippen LogP contribution in [0.1, 0.15) is 47.9 Å². The molecule has 4 heteroatoms. The Hall–Kier alpha value is -3.06. The van der Waals surface area contributed by atoms with Crippen molar-refractivity contribution in [2.24, 2.45) is 0 Å². The van der Waals surface area contributed by atoms with Crippen molar-refractivity contribution < 1.29 is 9.53 Å². The third-order valence-electron chi connectivity index (χ3n) is 5.77. The molecule has 4 rings (SSSR count). The van der Waals surface area contributed by atoms with Crippen molar-refractivity contribution in [3.63, 3.8) is 0 Å². The first kappa shape index (κ1) is 18.3. The first-order chi connectivity index (χ1) is 13.7. The molecule has 2 bridgehead atoms. The highest BCUT2D eigenvalue weighted by Crippen LogP contribution is 2.39. The van der Waals surface area contributed by atoms with E-state index in [-0.39, 0.29) is 18.2 Å². The zero-order valence-corrected chi connectivity index (χ0v) is 16.1. The monoisotopic (exact) mass is 372 g/mol. The normalized spacial score (nSPS) is 20.9. The van der Waals surface area contributed by atoms with E-state index in [9.17, 15) is 10.1 Å². The fourth-order valence-electron chi connectivity index (χ4n) is 4.48. The summed E-state index contributed by atoms with van der Waals surface area (Å²) < 4.78 is 5.62. The summed E-state index contributed by atoms with van der Waals surface area (Å²) in [5.41, 5.74) is 5.05. The summed E-state index contributed by atoms with van der Waals surface area (Å²) in [6.45, 7) is 2.34. The van der Waals surface area contributed by atoms with Crippen LogP contribution < -0.4 is 0 Å². The van der Waals surface area contributed by atoms with Gasteiger partial charge in [-0.25, -0.2) is 4.79 Å². The standard InChI is InChI=1S/C24H24N2O2/c1-17-7-5-10-19(15-25)23(17)20-13-21-11-6-12-22(14-20)26(21)24(27)28-16-18-8-3-2-4-9-18/h2-5,7-10,13,21-22H,6,11-12,14,16H2,1H3. The molecule has 1 amide bonds. The average molecular weight is 372 g/mol. The molecule has 2 atom stereocenters. The molecule has 0 saturated carbocycles. The zero-order chi connectivity index (χ0) is 19.5. The summed E-state index contributed by atoms with van der Waals surface area (Å²) in [4.78, 5) is 14.8. The molecule has 142 valence electrons. The molecule has 2 aromatic rings. The van der Waals surface area contributed by atoms with Crippen molar-refractivity contribution in [1.29, 1.82) is 5.26 Å². The number of carbonyl (C=O) groups is 1. The largest absolute Gasteiger partial charge is 0.445 e. The number of rotatable bonds is 3. The summed E-state index contributed by atoms with van der Waals surface area (Å²) in [7, 11) is 0. The second-order valence-corrected chi connectivity index (χ2v) is 7.60. The van der Waals surface area contributed by atoms with Crippen LogP contribution >= 0.6 is 0 Å². The summed E-state index contributed by atoms with van der Waals surface area (Å²) in [5.74, 6) is 0. The Morgan fingerprint density at radius 2 is 2.00 bits per heavy atom. The maximum Gasteiger partial charge on any atom is 0.410 e. The number of amides is 1. The van der Waals surface area contributed by atoms with Crippen molar-refractivity contribution in [2.75, 3.05) is 0 Å². The number of ether oxygens (including phenoxy) is 1. The van der Waals surface area contributed by atoms with Crippen molar-refractivity contribution in [3.05, 3.63) is 76.9 Å². The van der Waals surface area contributed by atoms with Crippen LogP contribution in [-0.2, 0) is 11.3 Å². The second kappa shape index (κ2) is 7.90. The Balaban J connectivity index is 1.57. The van der Waals surface area contributed by atoms with Crippen molar-refractivity contribution in [3.8, 4) is 6.07 Å². The number of hydrogen-bond donors (Lipinski definition) is 0. The lowest BCUT2D eigenvalue weighted by Crippen LogP contribution is -2.51. The highest BCUT2D eigenvalue weighted by molar-refractivity contribution is 5.78. The van der Waals surface area contributed by atoms with Gasteiger partial charge in [0.25, 0.3) is 0 Å². The Labute approximate surface area is 166 Å². The van der Waals surface area contributed by atoms with Gasteiger partial charge in [0.2, 0.25) is 0 Å². The van der Waals surface area contributed by atoms with Crippen molar-refractivity contribution >= 4 is 11.7 Å². The molecule has 4 nitrogen and oxygen atoms in total. The van der Waals surface area contributed by atoms with Crippen LogP contribution in [-0.4, -0.2) is 23.1 Å². The van der Waals surface area contributed by atoms with E-state index in [0.717, 1.165) is 42.4 Å². The number of benzene rings is 2. The predicted octanol–water partition coefficient (Wildman–Crippen LogP) is 5.21. The number of fused-ring (bicyclic) bond motifs is 2. The molecule has 0 spiro atoms. The van der Waals surface area contributed by atoms with E-state index < -0.39 is 0 Å². The lowest BCUT2D eigenvalue weighted by molar-refractivity contribution is 0.0510. The summed E-state index contributed by atoms with van der Waals surface area (Å²) in [6, 6.07) is 18.1. The molecule has 2 unspecified atom stereocenters. The van der Waals surface area contributed by atoms with E-state index in [1.54, 1.807) is 0 Å². The summed E-state index contributed by atoms with van der Waals surface area (Å²) in [6.07, 6.45) is 5.75. The molecular formula is C24H24N2O2. The van der Waals surface area contributed by atoms with Crippen LogP contribution in [0.4, 0.5) is 4.79 Å². The lowest BCUT2D eigenvalue weighted by atomic mass is 9.81. The lowest BCUT2D eigenvalue weighted by Gasteiger charge is -2.44. The van der Waals surface area contributed by atoms with Gasteiger partial charge in [-0.1, -0.05) is 48.5 Å². The van der Waals surface area contributed by atoms with Gasteiger partial charge in [0.05, 0.1) is 17.7 Å². The molecular weight excluding hydrogens is 348 g/mol. The quantitative estimate of drug-likeness (QED) is 0.743. The number of nitriles is 1. The smallest absolute Gasteiger partial charge is 0.410 e. The zero-order valence-electron chi connectivity index (χ0n) is 16.1. The van der Waals surface area contributed by atoms with Gasteiger partial charge in [0.1, 0.15) is 6.61 Å². The fourth-order valence-corrected chi connectivity index (χ4v) is 4.48. The minimum absolute atomic E-state index is 0.0388. The minimum Gasteiger partial charge on any atom is -0.445 e. The van der Waals surface area contributed by atoms with E-state index in [0.29, 0.717) is 12.2 Å². The van der Waals surface area contributed by atoms with Gasteiger partial charge in [0, 0.05) is 6.04 Å². The molecule has 2 aliphatic rings. The molecule has 1 fully saturated rings. The van der Waals surface area contributed by atoms with Gasteiger partial charge in [-0.15, -0.1) is 0 Å². The number of aryl methyl sites for hydroxylation is 1. The van der Waals surface area contributed by atoms with Crippen LogP contribution in [0.3, 0.4) is 0 Å². The highest BCUT2D eigenvalue weighted by atomic mass is 16.6. The molecule has 2 heterocycles. The molecule has 0 aromatic heterocycles. The predicted molar refractivity (Wildman–Crippen MR) is 108 cm³/mol.